The van der Waals surface area contributed by atoms with Crippen molar-refractivity contribution in [3.63, 3.8) is 0 Å². The number of pyridine rings is 3. The van der Waals surface area contributed by atoms with E-state index in [1.165, 1.54) is 183 Å². The molecule has 754 valence electrons. The van der Waals surface area contributed by atoms with Crippen molar-refractivity contribution in [2.75, 3.05) is 174 Å². The van der Waals surface area contributed by atoms with Crippen LogP contribution in [0.4, 0.5) is 67.8 Å². The van der Waals surface area contributed by atoms with Crippen LogP contribution in [-0.4, -0.2) is 254 Å². The molecular weight excluding hydrogens is 1990 g/mol. The zero-order valence-corrected chi connectivity index (χ0v) is 87.6. The number of nitrogens with one attached hydrogen (secondary N) is 4. The topological polar surface area (TPSA) is 340 Å². The molecule has 0 amide bonds. The third kappa shape index (κ3) is 32.6. The van der Waals surface area contributed by atoms with Crippen LogP contribution in [0, 0.1) is 29.1 Å². The molecule has 14 heterocycles. The van der Waals surface area contributed by atoms with Crippen LogP contribution in [0.3, 0.4) is 0 Å². The first kappa shape index (κ1) is 112. The number of nitrogens with two attached hydrogens (primary N) is 4. The maximum atomic E-state index is 14.1. The van der Waals surface area contributed by atoms with E-state index in [0.717, 1.165) is 124 Å². The third-order valence-electron chi connectivity index (χ3n) is 26.3. The summed E-state index contributed by atoms with van der Waals surface area (Å²) < 4.78 is 105. The minimum absolute atomic E-state index is 0. The molecule has 0 unspecified atom stereocenters. The van der Waals surface area contributed by atoms with Gasteiger partial charge in [-0.05, 0) is 346 Å². The predicted molar refractivity (Wildman–Crippen MR) is 568 cm³/mol. The van der Waals surface area contributed by atoms with Gasteiger partial charge in [-0.2, -0.15) is 0 Å². The van der Waals surface area contributed by atoms with Crippen LogP contribution >= 0.6 is 67.5 Å². The Bertz CT molecular complexity index is 5540. The third-order valence-corrected chi connectivity index (χ3v) is 27.6. The molecule has 0 spiro atoms. The van der Waals surface area contributed by atoms with E-state index in [-0.39, 0.29) is 63.9 Å². The van der Waals surface area contributed by atoms with E-state index in [4.69, 9.17) is 74.1 Å². The first-order chi connectivity index (χ1) is 66.1. The number of nitrogens with zero attached hydrogens (tertiary/aromatic N) is 14. The second kappa shape index (κ2) is 51.6. The van der Waals surface area contributed by atoms with Crippen molar-refractivity contribution in [1.29, 1.82) is 0 Å². The maximum absolute atomic E-state index is 14.1. The fourth-order valence-corrected chi connectivity index (χ4v) is 17.8. The van der Waals surface area contributed by atoms with Crippen molar-refractivity contribution in [1.82, 2.24) is 69.4 Å². The molecule has 5 aromatic carbocycles. The molecule has 11 aromatic rings. The number of nitrogen functional groups attached to an aromatic ring is 4. The molecule has 8 saturated heterocycles. The van der Waals surface area contributed by atoms with Gasteiger partial charge in [-0.3, -0.25) is 0 Å². The van der Waals surface area contributed by atoms with Crippen molar-refractivity contribution in [3.8, 4) is 22.5 Å². The van der Waals surface area contributed by atoms with Gasteiger partial charge in [0, 0.05) is 113 Å². The Morgan fingerprint density at radius 2 is 0.643 bits per heavy atom. The van der Waals surface area contributed by atoms with Gasteiger partial charge < -0.3 is 96.6 Å². The van der Waals surface area contributed by atoms with Crippen LogP contribution in [0.15, 0.2) is 155 Å². The molecule has 28 nitrogen and oxygen atoms in total. The zero-order chi connectivity index (χ0) is 99.8. The van der Waals surface area contributed by atoms with Crippen molar-refractivity contribution >= 4 is 173 Å². The second-order valence-electron chi connectivity index (χ2n) is 38.5. The lowest BCUT2D eigenvalue weighted by atomic mass is 9.49. The van der Waals surface area contributed by atoms with E-state index in [0.29, 0.717) is 88.4 Å². The highest BCUT2D eigenvalue weighted by Gasteiger charge is 2.64. The quantitative estimate of drug-likeness (QED) is 0.0103. The summed E-state index contributed by atoms with van der Waals surface area (Å²) in [5.74, 6) is 0.374. The van der Waals surface area contributed by atoms with Gasteiger partial charge in [0.25, 0.3) is 0 Å². The summed E-state index contributed by atoms with van der Waals surface area (Å²) in [7, 11) is -1.49. The first-order valence-electron chi connectivity index (χ1n) is 47.7. The molecule has 12 N–H and O–H groups in total. The number of benzene rings is 5. The summed E-state index contributed by atoms with van der Waals surface area (Å²) in [6, 6.07) is 34.6. The predicted octanol–water partition coefficient (Wildman–Crippen LogP) is 19.0. The largest absolute Gasteiger partial charge is 0.495 e. The number of hydrogen-bond acceptors (Lipinski definition) is 28. The normalized spacial score (nSPS) is 18.2. The van der Waals surface area contributed by atoms with Crippen LogP contribution in [-0.2, 0) is 27.9 Å². The monoisotopic (exact) mass is 2120 g/mol. The Kier molecular flexibility index (Phi) is 41.1. The number of alkyl halides is 1. The number of anilines is 8. The number of halogens is 10. The van der Waals surface area contributed by atoms with Crippen molar-refractivity contribution < 1.29 is 49.9 Å². The molecule has 41 heteroatoms. The number of rotatable bonds is 22. The molecule has 0 aliphatic carbocycles. The molecule has 8 aliphatic rings. The van der Waals surface area contributed by atoms with Gasteiger partial charge >= 0.3 is 21.1 Å². The van der Waals surface area contributed by atoms with Crippen LogP contribution in [0.2, 0.25) is 5.15 Å². The first-order valence-corrected chi connectivity index (χ1v) is 50.2. The van der Waals surface area contributed by atoms with Gasteiger partial charge in [-0.25, -0.2) is 66.8 Å². The summed E-state index contributed by atoms with van der Waals surface area (Å²) in [5, 5.41) is 13.6. The molecule has 0 atom stereocenters. The summed E-state index contributed by atoms with van der Waals surface area (Å²) >= 11 is 17.6. The van der Waals surface area contributed by atoms with Gasteiger partial charge in [0.2, 0.25) is 0 Å². The Labute approximate surface area is 853 Å². The van der Waals surface area contributed by atoms with Gasteiger partial charge in [0.15, 0.2) is 17.5 Å². The molecule has 0 radical (unpaired) electrons. The van der Waals surface area contributed by atoms with E-state index in [2.05, 4.69) is 122 Å². The SMILES string of the molecule is CC1(C)OB(B2OC(C)(C)C(C)(C)O2)OC1(C)C.CC1(C)OB(c2cc(F)cc(NCCN3CCCC3)c2)OC1(C)C.Cl.ClCCN1CCCC1.Fc1cc(Br)cc(NCCN2CCCC2)c1.Nc1cc(F)cc(Br)c1.Nc1ncnc2ccc(-c3cc(F)cc(NCCN4CCCC4)c3)nc12.Nc1ncnc2ccc(-c3cc(F)cc(NCCN4CCCC4)c3)nc12.Nc1ncnc2ccc(Cl)nc12. The van der Waals surface area contributed by atoms with Gasteiger partial charge in [0.1, 0.15) is 69.8 Å². The van der Waals surface area contributed by atoms with Crippen molar-refractivity contribution in [2.24, 2.45) is 0 Å². The highest BCUT2D eigenvalue weighted by Crippen LogP contribution is 2.44. The molecule has 6 aromatic heterocycles. The molecule has 140 heavy (non-hydrogen) atoms. The molecule has 0 saturated carbocycles. The number of fused-ring (bicyclic) bond motifs is 3. The fraction of sp³-hybridized carbons (Fsp3) is 0.485. The molecule has 0 bridgehead atoms. The summed E-state index contributed by atoms with van der Waals surface area (Å²) in [6.45, 7) is 44.4. The Balaban J connectivity index is 0.000000157. The average molecular weight is 2120 g/mol. The Hall–Kier alpha value is -8.80. The smallest absolute Gasteiger partial charge is 0.405 e. The average Bonchev–Trinajstić information content (AvgIpc) is 1.60. The van der Waals surface area contributed by atoms with E-state index in [1.807, 2.05) is 132 Å². The zero-order valence-electron chi connectivity index (χ0n) is 82.1. The lowest BCUT2D eigenvalue weighted by Crippen LogP contribution is -2.41. The van der Waals surface area contributed by atoms with Crippen LogP contribution in [0.5, 0.6) is 0 Å². The van der Waals surface area contributed by atoms with E-state index in [1.54, 1.807) is 18.2 Å². The van der Waals surface area contributed by atoms with E-state index < -0.39 is 32.3 Å². The Morgan fingerprint density at radius 1 is 0.350 bits per heavy atom. The van der Waals surface area contributed by atoms with Crippen molar-refractivity contribution in [3.05, 3.63) is 190 Å². The minimum Gasteiger partial charge on any atom is -0.405 e. The van der Waals surface area contributed by atoms with E-state index >= 15 is 0 Å². The van der Waals surface area contributed by atoms with Gasteiger partial charge in [0.05, 0.1) is 61.5 Å². The van der Waals surface area contributed by atoms with E-state index in [9.17, 15) is 22.0 Å². The van der Waals surface area contributed by atoms with Crippen LogP contribution < -0.4 is 49.7 Å². The fourth-order valence-electron chi connectivity index (χ4n) is 16.5. The maximum Gasteiger partial charge on any atom is 0.495 e. The highest BCUT2D eigenvalue weighted by atomic mass is 79.9. The highest BCUT2D eigenvalue weighted by molar-refractivity contribution is 9.10. The number of aromatic nitrogens is 9. The molecule has 8 aliphatic heterocycles. The summed E-state index contributed by atoms with van der Waals surface area (Å²) in [6.07, 6.45) is 17.2. The Morgan fingerprint density at radius 3 is 0.979 bits per heavy atom. The number of hydrogen-bond donors (Lipinski definition) is 8. The van der Waals surface area contributed by atoms with Crippen molar-refractivity contribution in [2.45, 2.75) is 181 Å². The molecule has 19 rings (SSSR count). The molecule has 8 fully saturated rings. The number of likely N-dealkylation sites (tertiary alicyclic amines) is 5. The van der Waals surface area contributed by atoms with Crippen LogP contribution in [0.25, 0.3) is 55.6 Å². The summed E-state index contributed by atoms with van der Waals surface area (Å²) in [5.41, 5.74) is 30.9. The van der Waals surface area contributed by atoms with Gasteiger partial charge in [-0.15, -0.1) is 24.0 Å². The summed E-state index contributed by atoms with van der Waals surface area (Å²) in [4.78, 5) is 49.1. The molecular formula is C99H133B3Br2Cl3F5N22O6. The lowest BCUT2D eigenvalue weighted by Gasteiger charge is -2.32. The standard InChI is InChI=1S/2C19H21FN6.C18H28BFN2O2.C12H24B2O4.C12H16BrFN2.C7H5ClN4.C6H5BrFN.C6H12ClN.ClH/c2*20-14-9-13(10-15(11-14)22-5-8-26-6-1-2-7-26)16-3-4-17-18(25-16)19(21)24-12-23-17;1-17(2)18(3,4)24-19(23-17)14-11-15(20)13-16(12-14)21-7-10-22-8-5-6-9-22;1-9(2)10(3,4)16-13(15-9)14-17-11(5,6)12(7,8)18-14;13-10-7-11(14)9-12(8-10)15-3-6-16-4-1-2-5-16;8-5-2-1-4-6(12-5)7(9)11-3-10-4;7-4-1-5(8)3-6(9)2-4;7-3-6-8-4-1-2-5-8;/h2*3-4,9-12,22H,1-2,5-8H2,(H2,21,23,24);11-13,21H,5-10H2,1-4H3;1-8H3;7-9,15H,1-6H2;1-3H,(H2,9,10,11);1-3H,9H2;1-6H2;1H. The van der Waals surface area contributed by atoms with Gasteiger partial charge in [-0.1, -0.05) is 43.5 Å². The second-order valence-corrected chi connectivity index (χ2v) is 41.1. The minimum atomic E-state index is -0.537. The van der Waals surface area contributed by atoms with Crippen LogP contribution in [0.1, 0.15) is 147 Å². The lowest BCUT2D eigenvalue weighted by molar-refractivity contribution is 0.00578.